The van der Waals surface area contributed by atoms with E-state index in [1.165, 1.54) is 26.2 Å². The Hall–Kier alpha value is -1.37. The van der Waals surface area contributed by atoms with Gasteiger partial charge in [-0.1, -0.05) is 35.7 Å². The van der Waals surface area contributed by atoms with E-state index in [4.69, 9.17) is 0 Å². The fraction of sp³-hybridized carbons (Fsp3) is 0.278. The summed E-state index contributed by atoms with van der Waals surface area (Å²) in [4.78, 5) is 12.0. The maximum Gasteiger partial charge on any atom is 0.194 e. The summed E-state index contributed by atoms with van der Waals surface area (Å²) in [5.74, 6) is 0. The molecule has 6 heteroatoms. The first-order chi connectivity index (χ1) is 11.7. The van der Waals surface area contributed by atoms with Gasteiger partial charge in [-0.05, 0) is 39.0 Å². The van der Waals surface area contributed by atoms with Crippen molar-refractivity contribution in [2.45, 2.75) is 31.0 Å². The highest BCUT2D eigenvalue weighted by molar-refractivity contribution is 8.07. The molecule has 1 unspecified atom stereocenters. The van der Waals surface area contributed by atoms with E-state index in [9.17, 15) is 0 Å². The first kappa shape index (κ1) is 16.1. The summed E-state index contributed by atoms with van der Waals surface area (Å²) in [5, 5.41) is 4.68. The van der Waals surface area contributed by atoms with Crippen LogP contribution < -0.4 is 9.80 Å². The lowest BCUT2D eigenvalue weighted by Gasteiger charge is -2.25. The van der Waals surface area contributed by atoms with Crippen LogP contribution in [0.4, 0.5) is 10.8 Å². The van der Waals surface area contributed by atoms with Gasteiger partial charge in [0.25, 0.3) is 0 Å². The highest BCUT2D eigenvalue weighted by Gasteiger charge is 2.31. The summed E-state index contributed by atoms with van der Waals surface area (Å²) in [6.45, 7) is 7.60. The molecule has 124 valence electrons. The van der Waals surface area contributed by atoms with E-state index < -0.39 is 0 Å². The molecule has 3 heterocycles. The smallest absolute Gasteiger partial charge is 0.194 e. The Labute approximate surface area is 155 Å². The first-order valence-corrected chi connectivity index (χ1v) is 10.6. The fourth-order valence-corrected chi connectivity index (χ4v) is 6.22. The number of hydrogen-bond acceptors (Lipinski definition) is 6. The largest absolute Gasteiger partial charge is 0.355 e. The number of aromatic nitrogens is 1. The number of thiazole rings is 1. The van der Waals surface area contributed by atoms with Crippen molar-refractivity contribution in [2.75, 3.05) is 16.3 Å². The van der Waals surface area contributed by atoms with E-state index >= 15 is 0 Å². The molecule has 0 saturated carbocycles. The summed E-state index contributed by atoms with van der Waals surface area (Å²) in [7, 11) is 0. The van der Waals surface area contributed by atoms with E-state index in [2.05, 4.69) is 65.9 Å². The predicted octanol–water partition coefficient (Wildman–Crippen LogP) is 5.75. The van der Waals surface area contributed by atoms with Crippen molar-refractivity contribution in [1.29, 1.82) is 0 Å². The van der Waals surface area contributed by atoms with Crippen molar-refractivity contribution >= 4 is 45.7 Å². The fourth-order valence-electron chi connectivity index (χ4n) is 2.99. The molecule has 4 rings (SSSR count). The topological polar surface area (TPSA) is 19.4 Å². The number of anilines is 2. The number of rotatable bonds is 3. The Kier molecular flexibility index (Phi) is 4.37. The van der Waals surface area contributed by atoms with Crippen LogP contribution in [-0.4, -0.2) is 16.9 Å². The van der Waals surface area contributed by atoms with Crippen molar-refractivity contribution in [3.05, 3.63) is 57.5 Å². The van der Waals surface area contributed by atoms with Crippen LogP contribution in [-0.2, 0) is 0 Å². The van der Waals surface area contributed by atoms with E-state index in [1.54, 1.807) is 11.3 Å². The molecule has 2 aliphatic rings. The molecule has 0 bridgehead atoms. The van der Waals surface area contributed by atoms with E-state index in [1.807, 2.05) is 35.1 Å². The first-order valence-electron chi connectivity index (χ1n) is 7.98. The summed E-state index contributed by atoms with van der Waals surface area (Å²) in [6, 6.07) is 8.69. The molecule has 0 amide bonds. The monoisotopic (exact) mass is 373 g/mol. The van der Waals surface area contributed by atoms with Crippen molar-refractivity contribution in [3.63, 3.8) is 0 Å². The predicted molar refractivity (Wildman–Crippen MR) is 108 cm³/mol. The Morgan fingerprint density at radius 3 is 2.83 bits per heavy atom. The number of thioether (sulfide) groups is 2. The standard InChI is InChI=1S/C18H19N3S3/c1-4-20-14-7-5-6-8-15(14)24-16(20)11-17-21(12(2)13(3)23-17)18-19-9-10-22-18/h5-11,16H,4H2,1-3H3. The van der Waals surface area contributed by atoms with Crippen molar-refractivity contribution in [3.8, 4) is 0 Å². The molecule has 1 aromatic carbocycles. The average molecular weight is 374 g/mol. The van der Waals surface area contributed by atoms with Crippen LogP contribution in [0.5, 0.6) is 0 Å². The average Bonchev–Trinajstić information content (AvgIpc) is 3.27. The van der Waals surface area contributed by atoms with Gasteiger partial charge in [-0.2, -0.15) is 0 Å². The molecule has 3 nitrogen and oxygen atoms in total. The third-order valence-corrected chi connectivity index (χ3v) is 7.41. The third kappa shape index (κ3) is 2.66. The molecule has 0 spiro atoms. The third-order valence-electron chi connectivity index (χ3n) is 4.29. The van der Waals surface area contributed by atoms with Crippen molar-refractivity contribution in [1.82, 2.24) is 4.98 Å². The Balaban J connectivity index is 1.69. The van der Waals surface area contributed by atoms with Crippen LogP contribution in [0.2, 0.25) is 0 Å². The maximum absolute atomic E-state index is 4.52. The number of likely N-dealkylation sites (N-methyl/N-ethyl adjacent to an activating group) is 1. The van der Waals surface area contributed by atoms with Crippen LogP contribution in [0.15, 0.2) is 62.4 Å². The zero-order valence-electron chi connectivity index (χ0n) is 13.9. The second kappa shape index (κ2) is 6.50. The molecule has 0 aliphatic carbocycles. The molecule has 0 fully saturated rings. The van der Waals surface area contributed by atoms with E-state index in [-0.39, 0.29) is 0 Å². The minimum Gasteiger partial charge on any atom is -0.355 e. The summed E-state index contributed by atoms with van der Waals surface area (Å²) >= 11 is 5.47. The number of para-hydroxylation sites is 1. The Morgan fingerprint density at radius 1 is 1.25 bits per heavy atom. The van der Waals surface area contributed by atoms with Gasteiger partial charge < -0.3 is 4.90 Å². The van der Waals surface area contributed by atoms with Gasteiger partial charge in [0.05, 0.1) is 10.7 Å². The molecule has 2 aliphatic heterocycles. The molecule has 24 heavy (non-hydrogen) atoms. The van der Waals surface area contributed by atoms with Crippen LogP contribution in [0.1, 0.15) is 20.8 Å². The van der Waals surface area contributed by atoms with Gasteiger partial charge in [-0.15, -0.1) is 11.3 Å². The molecule has 0 saturated heterocycles. The molecule has 2 aromatic rings. The molecule has 1 atom stereocenters. The second-order valence-electron chi connectivity index (χ2n) is 5.66. The summed E-state index contributed by atoms with van der Waals surface area (Å²) in [5.41, 5.74) is 2.63. The molecular formula is C18H19N3S3. The minimum absolute atomic E-state index is 0.330. The number of fused-ring (bicyclic) bond motifs is 1. The lowest BCUT2D eigenvalue weighted by Crippen LogP contribution is -2.28. The molecule has 0 N–H and O–H groups in total. The Bertz CT molecular complexity index is 811. The summed E-state index contributed by atoms with van der Waals surface area (Å²) < 4.78 is 0. The van der Waals surface area contributed by atoms with Gasteiger partial charge >= 0.3 is 0 Å². The zero-order chi connectivity index (χ0) is 16.7. The number of hydrogen-bond donors (Lipinski definition) is 0. The zero-order valence-corrected chi connectivity index (χ0v) is 16.3. The number of nitrogens with zero attached hydrogens (tertiary/aromatic N) is 3. The molecular weight excluding hydrogens is 354 g/mol. The maximum atomic E-state index is 4.52. The highest BCUT2D eigenvalue weighted by atomic mass is 32.2. The van der Waals surface area contributed by atoms with Gasteiger partial charge in [-0.25, -0.2) is 4.98 Å². The van der Waals surface area contributed by atoms with Crippen molar-refractivity contribution in [2.24, 2.45) is 0 Å². The normalized spacial score (nSPS) is 22.0. The van der Waals surface area contributed by atoms with Gasteiger partial charge in [0.15, 0.2) is 5.13 Å². The molecule has 1 aromatic heterocycles. The van der Waals surface area contributed by atoms with Crippen LogP contribution in [0, 0.1) is 0 Å². The minimum atomic E-state index is 0.330. The van der Waals surface area contributed by atoms with E-state index in [0.717, 1.165) is 11.7 Å². The van der Waals surface area contributed by atoms with Crippen molar-refractivity contribution < 1.29 is 0 Å². The van der Waals surface area contributed by atoms with Crippen LogP contribution >= 0.6 is 34.9 Å². The van der Waals surface area contributed by atoms with Gasteiger partial charge in [0, 0.05) is 33.6 Å². The van der Waals surface area contributed by atoms with E-state index in [0.29, 0.717) is 5.37 Å². The quantitative estimate of drug-likeness (QED) is 0.680. The second-order valence-corrected chi connectivity index (χ2v) is 8.93. The number of benzene rings is 1. The lowest BCUT2D eigenvalue weighted by atomic mass is 10.3. The van der Waals surface area contributed by atoms with Crippen LogP contribution in [0.3, 0.4) is 0 Å². The summed E-state index contributed by atoms with van der Waals surface area (Å²) in [6.07, 6.45) is 4.27. The number of allylic oxidation sites excluding steroid dienone is 2. The van der Waals surface area contributed by atoms with Gasteiger partial charge in [0.1, 0.15) is 5.37 Å². The Morgan fingerprint density at radius 2 is 2.08 bits per heavy atom. The lowest BCUT2D eigenvalue weighted by molar-refractivity contribution is 0.874. The SMILES string of the molecule is CCN1c2ccccc2SC1C=C1SC(C)=C(C)N1c1nccs1. The van der Waals surface area contributed by atoms with Gasteiger partial charge in [-0.3, -0.25) is 4.90 Å². The highest BCUT2D eigenvalue weighted by Crippen LogP contribution is 2.48. The van der Waals surface area contributed by atoms with Crippen LogP contribution in [0.25, 0.3) is 0 Å². The molecule has 0 radical (unpaired) electrons. The van der Waals surface area contributed by atoms with Gasteiger partial charge in [0.2, 0.25) is 0 Å².